The SMILES string of the molecule is [2H]c1cc(N(c2c([2H])c([2H])c(-c3c([2H])c([2H])c([2H])c4c3oc3c([2H])c([2H])c([2H])c([2H])c34)c([2H])c2[2H])c2c([2H])c([2H])c([2H])c3c2-c2c([2H])c([2H])c([2H])c([2H])c2C3(C([2H])([2H])[2H])C([2H])([2H])[2H])c2c(c1[2H])C1(c3c([2H])c([2H])c([2H])c([2H])c3-2)c2c([2H])c([2H])c([2H])c([2H])c2-c2c([2H])c([2H])c([2H])c([2H])c21. The zero-order valence-electron chi connectivity index (χ0n) is 67.9. The maximum atomic E-state index is 10.3. The summed E-state index contributed by atoms with van der Waals surface area (Å²) in [5, 5.41) is -1.12. The lowest BCUT2D eigenvalue weighted by molar-refractivity contribution is 0.660. The van der Waals surface area contributed by atoms with Crippen LogP contribution in [0.5, 0.6) is 0 Å². The summed E-state index contributed by atoms with van der Waals surface area (Å²) in [6.45, 7) is -8.24. The highest BCUT2D eigenvalue weighted by Crippen LogP contribution is 2.65. The molecule has 0 bridgehead atoms. The molecule has 282 valence electrons. The number of anilines is 3. The second-order valence-electron chi connectivity index (χ2n) is 13.8. The first-order chi connectivity index (χ1) is 45.3. The van der Waals surface area contributed by atoms with Crippen molar-refractivity contribution in [2.45, 2.75) is 24.5 Å². The van der Waals surface area contributed by atoms with E-state index in [1.807, 2.05) is 0 Å². The molecule has 0 atom stereocenters. The summed E-state index contributed by atoms with van der Waals surface area (Å²) in [6, 6.07) is -36.2. The Morgan fingerprint density at radius 2 is 0.967 bits per heavy atom. The summed E-state index contributed by atoms with van der Waals surface area (Å²) in [4.78, 5) is 0.368. The summed E-state index contributed by atoms with van der Waals surface area (Å²) < 4.78 is 362. The van der Waals surface area contributed by atoms with Gasteiger partial charge in [-0.25, -0.2) is 0 Å². The van der Waals surface area contributed by atoms with Crippen molar-refractivity contribution >= 4 is 39.0 Å². The van der Waals surface area contributed by atoms with Gasteiger partial charge in [0.25, 0.3) is 0 Å². The van der Waals surface area contributed by atoms with E-state index in [0.29, 0.717) is 11.0 Å². The monoisotopic (exact) mass is 804 g/mol. The van der Waals surface area contributed by atoms with Gasteiger partial charge in [-0.05, 0) is 91.4 Å². The Morgan fingerprint density at radius 1 is 0.433 bits per heavy atom. The van der Waals surface area contributed by atoms with Crippen molar-refractivity contribution < 1.29 is 56.5 Å². The minimum Gasteiger partial charge on any atom is -0.455 e. The van der Waals surface area contributed by atoms with Gasteiger partial charge in [-0.15, -0.1) is 0 Å². The van der Waals surface area contributed by atoms with Crippen molar-refractivity contribution in [2.24, 2.45) is 0 Å². The fraction of sp³-hybridized carbons (Fsp3) is 0.0690. The maximum absolute atomic E-state index is 10.3. The molecule has 0 saturated heterocycles. The average molecular weight is 804 g/mol. The second kappa shape index (κ2) is 12.1. The molecule has 0 aliphatic heterocycles. The lowest BCUT2D eigenvalue weighted by Gasteiger charge is -2.32. The fourth-order valence-corrected chi connectivity index (χ4v) is 8.64. The zero-order chi connectivity index (χ0) is 72.6. The Balaban J connectivity index is 1.33. The van der Waals surface area contributed by atoms with E-state index in [-0.39, 0.29) is 0 Å². The standard InChI is InChI=1S/C58H39NO/c1-57(2)45-23-8-5-19-43(45)54-49(57)27-14-29-51(54)59(37-34-32-36(33-35-37)38-21-13-22-42-41-18-7-12-31-53(41)60-56(38)42)52-30-15-28-50-55(52)44-20-6-11-26-48(44)58(50)46-24-9-3-16-39(46)40-17-4-10-25-47(40)58/h3-35H,1-2H3/i1D3,2D3,3D,4D,5D,6D,7D,8D,9D,10D,11D,12D,13D,14D,15D,16D,17D,18D,19D,20D,21D,22D,23D,24D,25D,26D,27D,28D,29D,31D,32D,33D,34D,35D. The van der Waals surface area contributed by atoms with Crippen LogP contribution in [-0.2, 0) is 10.8 Å². The van der Waals surface area contributed by atoms with E-state index < -0.39 is 335 Å². The van der Waals surface area contributed by atoms with Crippen LogP contribution in [0.2, 0.25) is 0 Å². The van der Waals surface area contributed by atoms with Crippen LogP contribution in [0.15, 0.2) is 204 Å². The summed E-state index contributed by atoms with van der Waals surface area (Å²) in [5.74, 6) is 0. The first kappa shape index (κ1) is 13.3. The molecule has 9 aromatic carbocycles. The highest BCUT2D eigenvalue weighted by molar-refractivity contribution is 6.10. The predicted molar refractivity (Wildman–Crippen MR) is 248 cm³/mol. The number of hydrogen-bond donors (Lipinski definition) is 0. The lowest BCUT2D eigenvalue weighted by atomic mass is 9.70. The van der Waals surface area contributed by atoms with Crippen molar-refractivity contribution in [2.75, 3.05) is 4.90 Å². The van der Waals surface area contributed by atoms with Gasteiger partial charge in [-0.3, -0.25) is 0 Å². The molecular formula is C58H39NO. The predicted octanol–water partition coefficient (Wildman–Crippen LogP) is 15.4. The summed E-state index contributed by atoms with van der Waals surface area (Å²) in [6.07, 6.45) is 0. The smallest absolute Gasteiger partial charge is 0.143 e. The van der Waals surface area contributed by atoms with Crippen molar-refractivity contribution in [3.63, 3.8) is 0 Å². The topological polar surface area (TPSA) is 16.4 Å². The number of hydrogen-bond acceptors (Lipinski definition) is 2. The molecular weight excluding hydrogens is 727 g/mol. The molecule has 3 aliphatic rings. The number of nitrogens with zero attached hydrogens (tertiary/aromatic N) is 1. The minimum atomic E-state index is -4.12. The van der Waals surface area contributed by atoms with Crippen LogP contribution in [0.4, 0.5) is 17.1 Å². The molecule has 2 heteroatoms. The van der Waals surface area contributed by atoms with E-state index in [4.69, 9.17) is 29.1 Å². The second-order valence-corrected chi connectivity index (χ2v) is 13.8. The van der Waals surface area contributed by atoms with E-state index in [1.54, 1.807) is 0 Å². The number of benzene rings is 9. The van der Waals surface area contributed by atoms with Gasteiger partial charge < -0.3 is 9.32 Å². The Kier molecular flexibility index (Phi) is 2.67. The number of para-hydroxylation sites is 2. The molecule has 0 N–H and O–H groups in total. The molecule has 3 aliphatic carbocycles. The third-order valence-corrected chi connectivity index (χ3v) is 11.0. The van der Waals surface area contributed by atoms with E-state index in [0.717, 1.165) is 0 Å². The Bertz CT molecular complexity index is 5410. The minimum absolute atomic E-state index is 0.368. The van der Waals surface area contributed by atoms with Crippen LogP contribution in [-0.4, -0.2) is 0 Å². The van der Waals surface area contributed by atoms with Gasteiger partial charge in [0.2, 0.25) is 0 Å². The first-order valence-electron chi connectivity index (χ1n) is 36.9. The van der Waals surface area contributed by atoms with E-state index >= 15 is 0 Å². The van der Waals surface area contributed by atoms with Crippen LogP contribution in [0, 0.1) is 0 Å². The van der Waals surface area contributed by atoms with E-state index in [9.17, 15) is 27.4 Å². The third kappa shape index (κ3) is 4.22. The average Bonchev–Trinajstić information content (AvgIpc) is 1.48. The van der Waals surface area contributed by atoms with Crippen LogP contribution in [0.25, 0.3) is 66.4 Å². The largest absolute Gasteiger partial charge is 0.455 e. The van der Waals surface area contributed by atoms with Gasteiger partial charge in [-0.2, -0.15) is 0 Å². The van der Waals surface area contributed by atoms with Gasteiger partial charge >= 0.3 is 0 Å². The van der Waals surface area contributed by atoms with Gasteiger partial charge in [-0.1, -0.05) is 183 Å². The molecule has 1 aromatic heterocycles. The third-order valence-electron chi connectivity index (χ3n) is 11.0. The van der Waals surface area contributed by atoms with Gasteiger partial charge in [0.1, 0.15) is 11.2 Å². The highest BCUT2D eigenvalue weighted by atomic mass is 16.3. The summed E-state index contributed by atoms with van der Waals surface area (Å²) in [5.41, 5.74) is -25.9. The molecule has 0 amide bonds. The summed E-state index contributed by atoms with van der Waals surface area (Å²) in [7, 11) is 0. The number of furan rings is 1. The van der Waals surface area contributed by atoms with Crippen molar-refractivity contribution in [3.05, 3.63) is 233 Å². The Morgan fingerprint density at radius 3 is 1.70 bits per heavy atom. The van der Waals surface area contributed by atoms with Crippen molar-refractivity contribution in [1.29, 1.82) is 0 Å². The fourth-order valence-electron chi connectivity index (χ4n) is 8.64. The molecule has 10 aromatic rings. The summed E-state index contributed by atoms with van der Waals surface area (Å²) >= 11 is 0. The number of fused-ring (bicyclic) bond motifs is 16. The van der Waals surface area contributed by atoms with Crippen molar-refractivity contribution in [3.8, 4) is 44.5 Å². The highest BCUT2D eigenvalue weighted by Gasteiger charge is 2.52. The molecule has 0 saturated carbocycles. The first-order valence-corrected chi connectivity index (χ1v) is 17.9. The van der Waals surface area contributed by atoms with Crippen LogP contribution < -0.4 is 4.90 Å². The maximum Gasteiger partial charge on any atom is 0.143 e. The molecule has 0 unspecified atom stereocenters. The van der Waals surface area contributed by atoms with Crippen LogP contribution >= 0.6 is 0 Å². The zero-order valence-corrected chi connectivity index (χ0v) is 29.9. The quantitative estimate of drug-likeness (QED) is 0.176. The van der Waals surface area contributed by atoms with Crippen LogP contribution in [0.1, 0.15) is 99.2 Å². The van der Waals surface area contributed by atoms with Crippen LogP contribution in [0.3, 0.4) is 0 Å². The molecule has 60 heavy (non-hydrogen) atoms. The molecule has 2 nitrogen and oxygen atoms in total. The van der Waals surface area contributed by atoms with Gasteiger partial charge in [0.15, 0.2) is 0 Å². The van der Waals surface area contributed by atoms with Gasteiger partial charge in [0.05, 0.1) is 60.7 Å². The normalized spacial score (nSPS) is 23.8. The molecule has 0 radical (unpaired) electrons. The van der Waals surface area contributed by atoms with Crippen molar-refractivity contribution in [1.82, 2.24) is 0 Å². The Hall–Kier alpha value is -7.42. The van der Waals surface area contributed by atoms with E-state index in [1.165, 1.54) is 0 Å². The molecule has 13 rings (SSSR count). The number of rotatable bonds is 4. The molecule has 1 spiro atoms. The van der Waals surface area contributed by atoms with E-state index in [2.05, 4.69) is 0 Å². The van der Waals surface area contributed by atoms with Gasteiger partial charge in [0, 0.05) is 46.8 Å². The Labute approximate surface area is 403 Å². The lowest BCUT2D eigenvalue weighted by Crippen LogP contribution is -2.26. The molecule has 1 heterocycles. The molecule has 0 fully saturated rings.